The minimum atomic E-state index is -4.49. The zero-order chi connectivity index (χ0) is 32.2. The van der Waals surface area contributed by atoms with E-state index in [0.717, 1.165) is 89.7 Å². The highest BCUT2D eigenvalue weighted by Gasteiger charge is 2.32. The van der Waals surface area contributed by atoms with Gasteiger partial charge in [-0.15, -0.1) is 0 Å². The van der Waals surface area contributed by atoms with Crippen LogP contribution >= 0.6 is 0 Å². The number of para-hydroxylation sites is 3. The second kappa shape index (κ2) is 9.42. The fraction of sp³-hybridized carbons (Fsp3) is 0.0526. The Hall–Kier alpha value is -5.70. The van der Waals surface area contributed by atoms with Crippen LogP contribution in [0.3, 0.4) is 0 Å². The van der Waals surface area contributed by atoms with Crippen molar-refractivity contribution in [1.82, 2.24) is 14.1 Å². The lowest BCUT2D eigenvalue weighted by Crippen LogP contribution is -2.05. The lowest BCUT2D eigenvalue weighted by Gasteiger charge is -2.13. The zero-order valence-corrected chi connectivity index (χ0v) is 24.2. The Labute approximate surface area is 261 Å². The van der Waals surface area contributed by atoms with Gasteiger partial charge in [0, 0.05) is 49.2 Å². The Morgan fingerprint density at radius 1 is 0.426 bits per heavy atom. The number of rotatable bonds is 2. The summed E-state index contributed by atoms with van der Waals surface area (Å²) in [6.07, 6.45) is -8.98. The molecule has 0 amide bonds. The molecule has 0 aliphatic rings. The molecule has 9 aromatic rings. The normalized spacial score (nSPS) is 12.9. The summed E-state index contributed by atoms with van der Waals surface area (Å²) in [5.41, 5.74) is 4.46. The van der Waals surface area contributed by atoms with E-state index < -0.39 is 23.5 Å². The third kappa shape index (κ3) is 3.89. The molecule has 0 aliphatic heterocycles. The molecule has 47 heavy (non-hydrogen) atoms. The van der Waals surface area contributed by atoms with Crippen LogP contribution in [0, 0.1) is 0 Å². The molecule has 0 saturated heterocycles. The van der Waals surface area contributed by atoms with Crippen molar-refractivity contribution in [2.24, 2.45) is 0 Å². The Bertz CT molecular complexity index is 2600. The third-order valence-electron chi connectivity index (χ3n) is 9.08. The number of H-pyrrole nitrogens is 1. The number of aromatic nitrogens is 3. The molecule has 0 fully saturated rings. The van der Waals surface area contributed by atoms with Gasteiger partial charge in [0.2, 0.25) is 0 Å². The van der Waals surface area contributed by atoms with Gasteiger partial charge in [-0.05, 0) is 66.7 Å². The van der Waals surface area contributed by atoms with Crippen molar-refractivity contribution in [3.63, 3.8) is 0 Å². The number of alkyl halides is 6. The summed E-state index contributed by atoms with van der Waals surface area (Å²) >= 11 is 0. The zero-order valence-electron chi connectivity index (χ0n) is 24.2. The first kappa shape index (κ1) is 27.6. The quantitative estimate of drug-likeness (QED) is 0.183. The Kier molecular flexibility index (Phi) is 5.53. The molecule has 0 saturated carbocycles. The summed E-state index contributed by atoms with van der Waals surface area (Å²) < 4.78 is 85.6. The summed E-state index contributed by atoms with van der Waals surface area (Å²) in [6.45, 7) is 0. The summed E-state index contributed by atoms with van der Waals surface area (Å²) in [4.78, 5) is 3.63. The summed E-state index contributed by atoms with van der Waals surface area (Å²) in [5.74, 6) is 0. The molecule has 0 atom stereocenters. The number of nitrogens with zero attached hydrogens (tertiary/aromatic N) is 2. The standard InChI is InChI=1S/C38H21F6N3/c39-37(40,41)21-13-17-23(18-14-21)46-29-11-5-2-8-26(29)32-34-31(25-7-1-4-10-28(25)45-34)35-33(36(32)46)27-9-3-6-12-30(27)47(35)24-19-15-22(16-20-24)38(42,43)44/h1-20,45H. The summed E-state index contributed by atoms with van der Waals surface area (Å²) in [5, 5.41) is 5.34. The number of halogens is 6. The van der Waals surface area contributed by atoms with Gasteiger partial charge in [-0.25, -0.2) is 0 Å². The van der Waals surface area contributed by atoms with E-state index in [4.69, 9.17) is 0 Å². The maximum absolute atomic E-state index is 13.6. The molecule has 0 unspecified atom stereocenters. The minimum Gasteiger partial charge on any atom is -0.354 e. The van der Waals surface area contributed by atoms with E-state index in [2.05, 4.69) is 4.98 Å². The second-order valence-electron chi connectivity index (χ2n) is 11.7. The Morgan fingerprint density at radius 3 is 1.32 bits per heavy atom. The van der Waals surface area contributed by atoms with Gasteiger partial charge in [-0.2, -0.15) is 26.3 Å². The van der Waals surface area contributed by atoms with Crippen molar-refractivity contribution in [2.75, 3.05) is 0 Å². The number of benzene rings is 6. The average Bonchev–Trinajstić information content (AvgIpc) is 3.72. The van der Waals surface area contributed by atoms with E-state index in [-0.39, 0.29) is 0 Å². The first-order valence-electron chi connectivity index (χ1n) is 14.9. The molecule has 0 radical (unpaired) electrons. The van der Waals surface area contributed by atoms with Crippen LogP contribution in [0.4, 0.5) is 26.3 Å². The van der Waals surface area contributed by atoms with Crippen LogP contribution in [0.25, 0.3) is 76.8 Å². The fourth-order valence-corrected chi connectivity index (χ4v) is 7.16. The van der Waals surface area contributed by atoms with Crippen LogP contribution in [0.5, 0.6) is 0 Å². The highest BCUT2D eigenvalue weighted by molar-refractivity contribution is 6.39. The van der Waals surface area contributed by atoms with Crippen molar-refractivity contribution in [3.05, 3.63) is 132 Å². The molecule has 0 spiro atoms. The van der Waals surface area contributed by atoms with Crippen molar-refractivity contribution in [1.29, 1.82) is 0 Å². The number of aromatic amines is 1. The van der Waals surface area contributed by atoms with Gasteiger partial charge in [-0.3, -0.25) is 0 Å². The first-order chi connectivity index (χ1) is 22.6. The summed E-state index contributed by atoms with van der Waals surface area (Å²) in [6, 6.07) is 33.6. The predicted molar refractivity (Wildman–Crippen MR) is 174 cm³/mol. The number of nitrogens with one attached hydrogen (secondary N) is 1. The SMILES string of the molecule is FC(F)(F)c1ccc(-n2c3ccccc3c3c4[nH]c5ccccc5c4c4c(c5ccccc5n4-c4ccc(C(F)(F)F)cc4)c32)cc1. The average molecular weight is 634 g/mol. The van der Waals surface area contributed by atoms with E-state index in [1.54, 1.807) is 0 Å². The van der Waals surface area contributed by atoms with Gasteiger partial charge in [0.25, 0.3) is 0 Å². The van der Waals surface area contributed by atoms with Gasteiger partial charge in [0.15, 0.2) is 0 Å². The Balaban J connectivity index is 1.54. The highest BCUT2D eigenvalue weighted by Crippen LogP contribution is 2.48. The molecule has 0 aliphatic carbocycles. The predicted octanol–water partition coefficient (Wildman–Crippen LogP) is 11.6. The van der Waals surface area contributed by atoms with Gasteiger partial charge in [0.1, 0.15) is 0 Å². The lowest BCUT2D eigenvalue weighted by molar-refractivity contribution is -0.138. The molecule has 9 heteroatoms. The van der Waals surface area contributed by atoms with E-state index in [9.17, 15) is 26.3 Å². The molecule has 3 heterocycles. The van der Waals surface area contributed by atoms with E-state index >= 15 is 0 Å². The largest absolute Gasteiger partial charge is 0.416 e. The second-order valence-corrected chi connectivity index (χ2v) is 11.7. The van der Waals surface area contributed by atoms with Crippen LogP contribution in [0.1, 0.15) is 11.1 Å². The third-order valence-corrected chi connectivity index (χ3v) is 9.08. The van der Waals surface area contributed by atoms with Crippen molar-refractivity contribution < 1.29 is 26.3 Å². The number of hydrogen-bond acceptors (Lipinski definition) is 0. The molecule has 9 rings (SSSR count). The Morgan fingerprint density at radius 2 is 0.830 bits per heavy atom. The molecule has 1 N–H and O–H groups in total. The van der Waals surface area contributed by atoms with E-state index in [1.807, 2.05) is 81.9 Å². The van der Waals surface area contributed by atoms with Crippen LogP contribution < -0.4 is 0 Å². The molecule has 0 bridgehead atoms. The topological polar surface area (TPSA) is 25.6 Å². The van der Waals surface area contributed by atoms with Crippen LogP contribution in [0.15, 0.2) is 121 Å². The molecule has 6 aromatic carbocycles. The molecular formula is C38H21F6N3. The number of hydrogen-bond donors (Lipinski definition) is 1. The minimum absolute atomic E-state index is 0.548. The van der Waals surface area contributed by atoms with E-state index in [1.165, 1.54) is 24.3 Å². The van der Waals surface area contributed by atoms with Crippen molar-refractivity contribution >= 4 is 65.4 Å². The van der Waals surface area contributed by atoms with Gasteiger partial charge < -0.3 is 14.1 Å². The van der Waals surface area contributed by atoms with E-state index in [0.29, 0.717) is 11.4 Å². The van der Waals surface area contributed by atoms with Crippen LogP contribution in [-0.4, -0.2) is 14.1 Å². The first-order valence-corrected chi connectivity index (χ1v) is 14.9. The molecule has 3 nitrogen and oxygen atoms in total. The molecule has 230 valence electrons. The van der Waals surface area contributed by atoms with Gasteiger partial charge >= 0.3 is 12.4 Å². The van der Waals surface area contributed by atoms with Gasteiger partial charge in [0.05, 0.1) is 38.7 Å². The molecular weight excluding hydrogens is 612 g/mol. The maximum atomic E-state index is 13.6. The monoisotopic (exact) mass is 633 g/mol. The fourth-order valence-electron chi connectivity index (χ4n) is 7.16. The van der Waals surface area contributed by atoms with Crippen molar-refractivity contribution in [3.8, 4) is 11.4 Å². The van der Waals surface area contributed by atoms with Crippen LogP contribution in [-0.2, 0) is 12.4 Å². The van der Waals surface area contributed by atoms with Crippen molar-refractivity contribution in [2.45, 2.75) is 12.4 Å². The highest BCUT2D eigenvalue weighted by atomic mass is 19.4. The summed E-state index contributed by atoms with van der Waals surface area (Å²) in [7, 11) is 0. The molecule has 3 aromatic heterocycles. The number of fused-ring (bicyclic) bond motifs is 12. The smallest absolute Gasteiger partial charge is 0.354 e. The lowest BCUT2D eigenvalue weighted by atomic mass is 10.0. The maximum Gasteiger partial charge on any atom is 0.416 e. The van der Waals surface area contributed by atoms with Crippen LogP contribution in [0.2, 0.25) is 0 Å². The van der Waals surface area contributed by atoms with Gasteiger partial charge in [-0.1, -0.05) is 54.6 Å².